The monoisotopic (exact) mass is 960 g/mol. The third-order valence-electron chi connectivity index (χ3n) is 12.0. The number of aromatic amines is 1. The second-order valence-electron chi connectivity index (χ2n) is 17.0. The van der Waals surface area contributed by atoms with Crippen molar-refractivity contribution in [2.75, 3.05) is 26.8 Å². The number of imidazole rings is 1. The number of ether oxygens (including phenoxy) is 2. The van der Waals surface area contributed by atoms with E-state index in [2.05, 4.69) is 31.2 Å². The van der Waals surface area contributed by atoms with Gasteiger partial charge >= 0.3 is 0 Å². The Balaban J connectivity index is 1.34. The number of aryl methyl sites for hydroxylation is 1. The average molecular weight is 962 g/mol. The Bertz CT molecular complexity index is 2590. The van der Waals surface area contributed by atoms with Gasteiger partial charge in [-0.25, -0.2) is 4.98 Å². The normalized spacial score (nSPS) is 16.7. The third-order valence-corrected chi connectivity index (χ3v) is 12.2. The van der Waals surface area contributed by atoms with Crippen LogP contribution in [0.15, 0.2) is 97.5 Å². The molecule has 6 rings (SSSR count). The summed E-state index contributed by atoms with van der Waals surface area (Å²) in [5, 5.41) is 11.9. The van der Waals surface area contributed by atoms with Crippen molar-refractivity contribution in [1.82, 2.24) is 36.1 Å². The maximum Gasteiger partial charge on any atom is 0.251 e. The van der Waals surface area contributed by atoms with Gasteiger partial charge in [0, 0.05) is 53.5 Å². The van der Waals surface area contributed by atoms with Crippen LogP contribution in [0.2, 0.25) is 5.02 Å². The number of fused-ring (bicyclic) bond motifs is 5. The first-order chi connectivity index (χ1) is 33.2. The Morgan fingerprint density at radius 1 is 0.855 bits per heavy atom. The van der Waals surface area contributed by atoms with E-state index in [1.807, 2.05) is 44.2 Å². The van der Waals surface area contributed by atoms with Crippen molar-refractivity contribution in [2.24, 2.45) is 5.73 Å². The molecule has 0 radical (unpaired) electrons. The quantitative estimate of drug-likeness (QED) is 0.0540. The Labute approximate surface area is 407 Å². The van der Waals surface area contributed by atoms with Gasteiger partial charge in [0.25, 0.3) is 5.91 Å². The van der Waals surface area contributed by atoms with Gasteiger partial charge < -0.3 is 46.4 Å². The Hall–Kier alpha value is -7.04. The van der Waals surface area contributed by atoms with Crippen molar-refractivity contribution in [1.29, 1.82) is 0 Å². The first kappa shape index (κ1) is 51.4. The van der Waals surface area contributed by atoms with Crippen molar-refractivity contribution >= 4 is 46.9 Å². The fourth-order valence-corrected chi connectivity index (χ4v) is 8.29. The summed E-state index contributed by atoms with van der Waals surface area (Å²) in [6, 6.07) is 19.2. The number of hydrogen-bond donors (Lipinski definition) is 6. The van der Waals surface area contributed by atoms with Crippen molar-refractivity contribution in [3.8, 4) is 33.8 Å². The minimum Gasteiger partial charge on any atom is -0.493 e. The fourth-order valence-electron chi connectivity index (χ4n) is 8.17. The maximum absolute atomic E-state index is 14.8. The summed E-state index contributed by atoms with van der Waals surface area (Å²) in [5.74, 6) is -2.31. The fraction of sp³-hybridized carbons (Fsp3) is 0.365. The highest BCUT2D eigenvalue weighted by Crippen LogP contribution is 2.40. The molecule has 1 aliphatic heterocycles. The number of carbonyl (C=O) groups excluding carboxylic acids is 6. The highest BCUT2D eigenvalue weighted by Gasteiger charge is 2.36. The lowest BCUT2D eigenvalue weighted by molar-refractivity contribution is -0.141. The van der Waals surface area contributed by atoms with Crippen LogP contribution < -0.4 is 36.5 Å². The molecule has 5 amide bonds. The Morgan fingerprint density at radius 3 is 2.14 bits per heavy atom. The number of unbranched alkanes of at least 4 members (excludes halogenated alkanes) is 1. The maximum atomic E-state index is 14.8. The van der Waals surface area contributed by atoms with Gasteiger partial charge in [-0.05, 0) is 131 Å². The molecule has 0 fully saturated rings. The molecule has 0 saturated carbocycles. The van der Waals surface area contributed by atoms with Crippen LogP contribution in [-0.4, -0.2) is 101 Å². The largest absolute Gasteiger partial charge is 0.493 e. The second kappa shape index (κ2) is 24.3. The molecule has 4 aromatic carbocycles. The molecule has 5 aromatic rings. The summed E-state index contributed by atoms with van der Waals surface area (Å²) in [4.78, 5) is 92.9. The number of carbonyl (C=O) groups is 6. The first-order valence-corrected chi connectivity index (χ1v) is 23.7. The number of benzene rings is 4. The number of rotatable bonds is 19. The second-order valence-corrected chi connectivity index (χ2v) is 17.4. The third kappa shape index (κ3) is 13.4. The number of nitrogens with two attached hydrogens (primary N) is 1. The summed E-state index contributed by atoms with van der Waals surface area (Å²) in [7, 11) is 1.48. The molecule has 0 saturated heterocycles. The van der Waals surface area contributed by atoms with E-state index in [1.54, 1.807) is 67.7 Å². The van der Waals surface area contributed by atoms with E-state index in [0.717, 1.165) is 16.8 Å². The molecule has 69 heavy (non-hydrogen) atoms. The van der Waals surface area contributed by atoms with Crippen LogP contribution in [-0.2, 0) is 36.8 Å². The molecule has 5 atom stereocenters. The molecule has 17 heteroatoms. The van der Waals surface area contributed by atoms with E-state index < -0.39 is 59.7 Å². The zero-order valence-corrected chi connectivity index (χ0v) is 40.4. The molecular weight excluding hydrogens is 900 g/mol. The first-order valence-electron chi connectivity index (χ1n) is 23.3. The molecule has 0 unspecified atom stereocenters. The zero-order chi connectivity index (χ0) is 49.6. The van der Waals surface area contributed by atoms with Crippen LogP contribution in [0.25, 0.3) is 22.3 Å². The number of halogens is 1. The van der Waals surface area contributed by atoms with Crippen molar-refractivity contribution in [3.63, 3.8) is 0 Å². The summed E-state index contributed by atoms with van der Waals surface area (Å²) in [5.41, 5.74) is 10.9. The molecule has 364 valence electrons. The van der Waals surface area contributed by atoms with E-state index in [4.69, 9.17) is 26.8 Å². The number of Topliss-reactive ketones (excluding diaryl/α,β-unsaturated/α-hetero) is 1. The van der Waals surface area contributed by atoms with Gasteiger partial charge in [0.1, 0.15) is 35.7 Å². The zero-order valence-electron chi connectivity index (χ0n) is 39.6. The Morgan fingerprint density at radius 2 is 1.51 bits per heavy atom. The van der Waals surface area contributed by atoms with Gasteiger partial charge in [0.15, 0.2) is 5.78 Å². The van der Waals surface area contributed by atoms with Crippen molar-refractivity contribution in [2.45, 2.75) is 96.4 Å². The van der Waals surface area contributed by atoms with Crippen LogP contribution >= 0.6 is 11.6 Å². The van der Waals surface area contributed by atoms with Crippen LogP contribution in [0.3, 0.4) is 0 Å². The number of likely N-dealkylation sites (N-methyl/N-ethyl adjacent to an activating group) is 1. The molecular formula is C52H61ClN8O8. The van der Waals surface area contributed by atoms with E-state index in [9.17, 15) is 28.8 Å². The number of nitrogens with one attached hydrogen (secondary N) is 5. The highest BCUT2D eigenvalue weighted by molar-refractivity contribution is 6.30. The van der Waals surface area contributed by atoms with E-state index >= 15 is 0 Å². The minimum absolute atomic E-state index is 0.0139. The number of hydrogen-bond acceptors (Lipinski definition) is 10. The number of aromatic nitrogens is 2. The van der Waals surface area contributed by atoms with Crippen LogP contribution in [0, 0.1) is 0 Å². The summed E-state index contributed by atoms with van der Waals surface area (Å²) >= 11 is 6.08. The van der Waals surface area contributed by atoms with Crippen LogP contribution in [0.1, 0.15) is 86.6 Å². The van der Waals surface area contributed by atoms with Crippen LogP contribution in [0.5, 0.6) is 11.5 Å². The predicted octanol–water partition coefficient (Wildman–Crippen LogP) is 5.87. The molecule has 0 aliphatic carbocycles. The number of nitrogens with zero attached hydrogens (tertiary/aromatic N) is 2. The highest BCUT2D eigenvalue weighted by atomic mass is 35.5. The molecule has 7 N–H and O–H groups in total. The lowest BCUT2D eigenvalue weighted by Crippen LogP contribution is -2.56. The number of H-pyrrole nitrogens is 1. The topological polar surface area (TPSA) is 227 Å². The van der Waals surface area contributed by atoms with Gasteiger partial charge in [-0.1, -0.05) is 48.0 Å². The molecule has 0 spiro atoms. The van der Waals surface area contributed by atoms with Gasteiger partial charge in [0.2, 0.25) is 23.6 Å². The van der Waals surface area contributed by atoms with Crippen LogP contribution in [0.4, 0.5) is 0 Å². The van der Waals surface area contributed by atoms with Gasteiger partial charge in [0.05, 0.1) is 25.6 Å². The standard InChI is InChI=1S/C52H61ClN8O8/c1-6-68-45-23-11-33-26-40(45)41-28-37(18-24-46(41)69-7-2)47(51(66)58-32(4)48(63)60-43(27-33)50(65)57-31(3)44(62)22-21-39-29-55-30-56-39)61(5)52(67)42(10-8-9-25-54)59-49(64)36-14-12-34(13-15-36)35-16-19-38(53)20-17-35/h11-20,23-24,26,28-32,42-43,47H,6-10,21-22,25,27,54H2,1-5H3,(H,55,56)(H,57,65)(H,58,66)(H,59,64)(H,60,63)/t31-,32-,42-,43-,47-/m0/s1. The number of ketones is 1. The molecule has 1 aromatic heterocycles. The summed E-state index contributed by atoms with van der Waals surface area (Å²) < 4.78 is 12.3. The van der Waals surface area contributed by atoms with Crippen molar-refractivity contribution < 1.29 is 38.2 Å². The lowest BCUT2D eigenvalue weighted by Gasteiger charge is -2.33. The average Bonchev–Trinajstić information content (AvgIpc) is 3.87. The molecule has 4 bridgehead atoms. The Kier molecular flexibility index (Phi) is 18.1. The lowest BCUT2D eigenvalue weighted by atomic mass is 9.93. The smallest absolute Gasteiger partial charge is 0.251 e. The molecule has 2 heterocycles. The van der Waals surface area contributed by atoms with Gasteiger partial charge in [-0.2, -0.15) is 0 Å². The van der Waals surface area contributed by atoms with Gasteiger partial charge in [-0.3, -0.25) is 28.8 Å². The summed E-state index contributed by atoms with van der Waals surface area (Å²) in [6.07, 6.45) is 5.03. The molecule has 1 aliphatic rings. The van der Waals surface area contributed by atoms with E-state index in [1.165, 1.54) is 25.2 Å². The minimum atomic E-state index is -1.34. The van der Waals surface area contributed by atoms with Crippen molar-refractivity contribution in [3.05, 3.63) is 125 Å². The van der Waals surface area contributed by atoms with E-state index in [0.29, 0.717) is 83.4 Å². The van der Waals surface area contributed by atoms with E-state index in [-0.39, 0.29) is 25.0 Å². The summed E-state index contributed by atoms with van der Waals surface area (Å²) in [6.45, 7) is 7.73. The van der Waals surface area contributed by atoms with Gasteiger partial charge in [-0.15, -0.1) is 0 Å². The predicted molar refractivity (Wildman–Crippen MR) is 264 cm³/mol. The number of amides is 5. The SMILES string of the molecule is CCOc1ccc2cc1-c1cc(ccc1OCC)[C@H](N(C)C(=O)[C@H](CCCCN)NC(=O)c1ccc(-c3ccc(Cl)cc3)cc1)C(=O)N[C@@H](C)C(=O)N[C@H](C(=O)N[C@@H](C)C(=O)CCc1cnc[nH]1)C2. The molecule has 16 nitrogen and oxygen atoms in total.